The molecule has 0 aromatic heterocycles. The molecule has 0 heterocycles. The van der Waals surface area contributed by atoms with Gasteiger partial charge in [-0.1, -0.05) is 11.6 Å². The Balaban J connectivity index is 1.89. The van der Waals surface area contributed by atoms with Crippen LogP contribution in [0, 0.1) is 5.92 Å². The average molecular weight is 183 g/mol. The first kappa shape index (κ1) is 7.93. The molecule has 2 heteroatoms. The summed E-state index contributed by atoms with van der Waals surface area (Å²) in [7, 11) is 0. The number of rotatable bonds is 3. The van der Waals surface area contributed by atoms with E-state index in [0.29, 0.717) is 0 Å². The van der Waals surface area contributed by atoms with Crippen LogP contribution in [0.15, 0.2) is 24.3 Å². The quantitative estimate of drug-likeness (QED) is 0.698. The Morgan fingerprint density at radius 1 is 1.25 bits per heavy atom. The molecule has 0 atom stereocenters. The minimum Gasteiger partial charge on any atom is -0.493 e. The zero-order valence-electron chi connectivity index (χ0n) is 6.79. The van der Waals surface area contributed by atoms with Gasteiger partial charge in [0.05, 0.1) is 6.61 Å². The Labute approximate surface area is 77.3 Å². The fraction of sp³-hybridized carbons (Fsp3) is 0.400. The monoisotopic (exact) mass is 182 g/mol. The van der Waals surface area contributed by atoms with Gasteiger partial charge in [0, 0.05) is 5.02 Å². The van der Waals surface area contributed by atoms with Gasteiger partial charge in [-0.05, 0) is 43.0 Å². The molecule has 0 bridgehead atoms. The molecular formula is C10H11ClO. The second kappa shape index (κ2) is 3.36. The van der Waals surface area contributed by atoms with Crippen molar-refractivity contribution >= 4 is 11.6 Å². The molecule has 0 unspecified atom stereocenters. The summed E-state index contributed by atoms with van der Waals surface area (Å²) in [4.78, 5) is 0. The van der Waals surface area contributed by atoms with Gasteiger partial charge in [-0.3, -0.25) is 0 Å². The van der Waals surface area contributed by atoms with Crippen molar-refractivity contribution in [1.82, 2.24) is 0 Å². The minimum absolute atomic E-state index is 0.758. The van der Waals surface area contributed by atoms with Crippen molar-refractivity contribution in [3.63, 3.8) is 0 Å². The second-order valence-electron chi connectivity index (χ2n) is 3.21. The highest BCUT2D eigenvalue weighted by atomic mass is 35.5. The molecule has 0 N–H and O–H groups in total. The lowest BCUT2D eigenvalue weighted by Crippen LogP contribution is -1.98. The van der Waals surface area contributed by atoms with E-state index >= 15 is 0 Å². The van der Waals surface area contributed by atoms with Crippen molar-refractivity contribution in [2.45, 2.75) is 12.8 Å². The third-order valence-electron chi connectivity index (χ3n) is 2.00. The topological polar surface area (TPSA) is 9.23 Å². The summed E-state index contributed by atoms with van der Waals surface area (Å²) < 4.78 is 5.53. The van der Waals surface area contributed by atoms with E-state index in [-0.39, 0.29) is 0 Å². The van der Waals surface area contributed by atoms with Crippen LogP contribution in [0.2, 0.25) is 5.02 Å². The lowest BCUT2D eigenvalue weighted by molar-refractivity contribution is 0.300. The lowest BCUT2D eigenvalue weighted by Gasteiger charge is -2.03. The van der Waals surface area contributed by atoms with Gasteiger partial charge in [-0.15, -0.1) is 0 Å². The van der Waals surface area contributed by atoms with E-state index in [9.17, 15) is 0 Å². The van der Waals surface area contributed by atoms with Crippen LogP contribution >= 0.6 is 11.6 Å². The van der Waals surface area contributed by atoms with Gasteiger partial charge in [0.25, 0.3) is 0 Å². The van der Waals surface area contributed by atoms with Crippen LogP contribution in [-0.2, 0) is 0 Å². The highest BCUT2D eigenvalue weighted by molar-refractivity contribution is 6.30. The predicted octanol–water partition coefficient (Wildman–Crippen LogP) is 3.13. The average Bonchev–Trinajstić information content (AvgIpc) is 2.87. The summed E-state index contributed by atoms with van der Waals surface area (Å²) in [5.41, 5.74) is 0. The Morgan fingerprint density at radius 3 is 2.50 bits per heavy atom. The van der Waals surface area contributed by atoms with Crippen LogP contribution < -0.4 is 4.74 Å². The van der Waals surface area contributed by atoms with Gasteiger partial charge < -0.3 is 4.74 Å². The maximum Gasteiger partial charge on any atom is 0.119 e. The number of halogens is 1. The van der Waals surface area contributed by atoms with E-state index in [1.54, 1.807) is 0 Å². The molecule has 64 valence electrons. The summed E-state index contributed by atoms with van der Waals surface area (Å²) in [6.07, 6.45) is 2.65. The normalized spacial score (nSPS) is 16.1. The van der Waals surface area contributed by atoms with Crippen molar-refractivity contribution < 1.29 is 4.74 Å². The summed E-state index contributed by atoms with van der Waals surface area (Å²) in [5, 5.41) is 0.758. The first-order valence-electron chi connectivity index (χ1n) is 4.23. The fourth-order valence-electron chi connectivity index (χ4n) is 1.03. The van der Waals surface area contributed by atoms with Crippen molar-refractivity contribution in [3.05, 3.63) is 29.3 Å². The van der Waals surface area contributed by atoms with E-state index in [1.165, 1.54) is 12.8 Å². The molecule has 0 aliphatic heterocycles. The number of hydrogen-bond acceptors (Lipinski definition) is 1. The molecule has 1 aromatic carbocycles. The molecule has 1 aliphatic rings. The summed E-state index contributed by atoms with van der Waals surface area (Å²) >= 11 is 5.73. The molecule has 1 nitrogen and oxygen atoms in total. The molecule has 1 aliphatic carbocycles. The number of benzene rings is 1. The zero-order valence-corrected chi connectivity index (χ0v) is 7.55. The second-order valence-corrected chi connectivity index (χ2v) is 3.64. The van der Waals surface area contributed by atoms with Gasteiger partial charge in [-0.2, -0.15) is 0 Å². The smallest absolute Gasteiger partial charge is 0.119 e. The predicted molar refractivity (Wildman–Crippen MR) is 49.7 cm³/mol. The highest BCUT2D eigenvalue weighted by Gasteiger charge is 2.21. The summed E-state index contributed by atoms with van der Waals surface area (Å²) in [5.74, 6) is 1.73. The Bertz CT molecular complexity index is 251. The number of hydrogen-bond donors (Lipinski definition) is 0. The van der Waals surface area contributed by atoms with Crippen molar-refractivity contribution in [3.8, 4) is 5.75 Å². The molecule has 0 spiro atoms. The van der Waals surface area contributed by atoms with E-state index in [1.807, 2.05) is 24.3 Å². The molecule has 12 heavy (non-hydrogen) atoms. The van der Waals surface area contributed by atoms with Crippen molar-refractivity contribution in [1.29, 1.82) is 0 Å². The summed E-state index contributed by atoms with van der Waals surface area (Å²) in [6.45, 7) is 0.863. The minimum atomic E-state index is 0.758. The van der Waals surface area contributed by atoms with Gasteiger partial charge >= 0.3 is 0 Å². The summed E-state index contributed by atoms with van der Waals surface area (Å²) in [6, 6.07) is 7.52. The Hall–Kier alpha value is -0.690. The van der Waals surface area contributed by atoms with E-state index in [4.69, 9.17) is 16.3 Å². The van der Waals surface area contributed by atoms with Gasteiger partial charge in [-0.25, -0.2) is 0 Å². The molecule has 2 rings (SSSR count). The SMILES string of the molecule is Clc1ccc(OCC2CC2)cc1. The Morgan fingerprint density at radius 2 is 1.92 bits per heavy atom. The first-order valence-corrected chi connectivity index (χ1v) is 4.61. The molecule has 1 aromatic rings. The highest BCUT2D eigenvalue weighted by Crippen LogP contribution is 2.29. The van der Waals surface area contributed by atoms with Gasteiger partial charge in [0.2, 0.25) is 0 Å². The molecule has 0 saturated heterocycles. The Kier molecular flexibility index (Phi) is 2.22. The maximum absolute atomic E-state index is 5.73. The standard InChI is InChI=1S/C10H11ClO/c11-9-3-5-10(6-4-9)12-7-8-1-2-8/h3-6,8H,1-2,7H2. The van der Waals surface area contributed by atoms with Crippen molar-refractivity contribution in [2.75, 3.05) is 6.61 Å². The van der Waals surface area contributed by atoms with E-state index < -0.39 is 0 Å². The molecule has 0 radical (unpaired) electrons. The van der Waals surface area contributed by atoms with Crippen LogP contribution in [0.1, 0.15) is 12.8 Å². The van der Waals surface area contributed by atoms with Gasteiger partial charge in [0.15, 0.2) is 0 Å². The maximum atomic E-state index is 5.73. The van der Waals surface area contributed by atoms with Gasteiger partial charge in [0.1, 0.15) is 5.75 Å². The van der Waals surface area contributed by atoms with Crippen LogP contribution in [-0.4, -0.2) is 6.61 Å². The molecular weight excluding hydrogens is 172 g/mol. The molecule has 1 saturated carbocycles. The van der Waals surface area contributed by atoms with Crippen molar-refractivity contribution in [2.24, 2.45) is 5.92 Å². The number of ether oxygens (including phenoxy) is 1. The zero-order chi connectivity index (χ0) is 8.39. The first-order chi connectivity index (χ1) is 5.84. The largest absolute Gasteiger partial charge is 0.493 e. The lowest BCUT2D eigenvalue weighted by atomic mass is 10.3. The third kappa shape index (κ3) is 2.15. The molecule has 1 fully saturated rings. The van der Waals surface area contributed by atoms with Crippen LogP contribution in [0.4, 0.5) is 0 Å². The van der Waals surface area contributed by atoms with Crippen LogP contribution in [0.3, 0.4) is 0 Å². The third-order valence-corrected chi connectivity index (χ3v) is 2.25. The fourth-order valence-corrected chi connectivity index (χ4v) is 1.16. The van der Waals surface area contributed by atoms with Crippen LogP contribution in [0.5, 0.6) is 5.75 Å². The van der Waals surface area contributed by atoms with Crippen LogP contribution in [0.25, 0.3) is 0 Å². The van der Waals surface area contributed by atoms with E-state index in [0.717, 1.165) is 23.3 Å². The van der Waals surface area contributed by atoms with E-state index in [2.05, 4.69) is 0 Å². The molecule has 0 amide bonds.